The standard InChI is InChI=1S/C19H25N3O4/c1-21(2)5-6-22-11-13-9-16(19(24)25)17(10-15(13)18(22)12-23)20-14-3-7-26-8-4-14/h9-10,14,20H,3-8,11H2,1-2H3,(H,24,25). The minimum absolute atomic E-state index is 0.176. The highest BCUT2D eigenvalue weighted by Crippen LogP contribution is 2.35. The molecule has 0 aromatic heterocycles. The number of nitrogens with one attached hydrogen (secondary N) is 1. The van der Waals surface area contributed by atoms with Crippen molar-refractivity contribution in [3.8, 4) is 0 Å². The Morgan fingerprint density at radius 2 is 2.12 bits per heavy atom. The predicted octanol–water partition coefficient (Wildman–Crippen LogP) is 1.53. The summed E-state index contributed by atoms with van der Waals surface area (Å²) in [5.41, 5.74) is 2.95. The van der Waals surface area contributed by atoms with Crippen molar-refractivity contribution >= 4 is 23.3 Å². The van der Waals surface area contributed by atoms with Crippen LogP contribution < -0.4 is 5.32 Å². The molecule has 140 valence electrons. The van der Waals surface area contributed by atoms with Crippen LogP contribution in [-0.4, -0.2) is 73.3 Å². The van der Waals surface area contributed by atoms with Crippen molar-refractivity contribution in [3.05, 3.63) is 28.8 Å². The molecule has 0 unspecified atom stereocenters. The summed E-state index contributed by atoms with van der Waals surface area (Å²) in [5, 5.41) is 13.0. The van der Waals surface area contributed by atoms with Crippen molar-refractivity contribution in [2.45, 2.75) is 25.4 Å². The second kappa shape index (κ2) is 7.91. The third kappa shape index (κ3) is 3.90. The monoisotopic (exact) mass is 359 g/mol. The third-order valence-electron chi connectivity index (χ3n) is 4.90. The first-order valence-corrected chi connectivity index (χ1v) is 8.89. The van der Waals surface area contributed by atoms with Gasteiger partial charge >= 0.3 is 5.97 Å². The lowest BCUT2D eigenvalue weighted by molar-refractivity contribution is 0.0697. The fourth-order valence-electron chi connectivity index (χ4n) is 3.44. The van der Waals surface area contributed by atoms with E-state index in [9.17, 15) is 14.7 Å². The van der Waals surface area contributed by atoms with E-state index in [-0.39, 0.29) is 11.6 Å². The fourth-order valence-corrected chi connectivity index (χ4v) is 3.44. The number of rotatable bonds is 6. The number of anilines is 1. The Labute approximate surface area is 153 Å². The summed E-state index contributed by atoms with van der Waals surface area (Å²) in [7, 11) is 3.96. The molecule has 0 aliphatic carbocycles. The van der Waals surface area contributed by atoms with E-state index in [1.54, 1.807) is 12.1 Å². The Balaban J connectivity index is 1.90. The van der Waals surface area contributed by atoms with Gasteiger partial charge in [0.25, 0.3) is 0 Å². The summed E-state index contributed by atoms with van der Waals surface area (Å²) in [6, 6.07) is 3.66. The molecule has 0 amide bonds. The first-order valence-electron chi connectivity index (χ1n) is 8.89. The average Bonchev–Trinajstić information content (AvgIpc) is 2.96. The molecule has 1 aromatic carbocycles. The molecular formula is C19H25N3O4. The number of carbonyl (C=O) groups excluding carboxylic acids is 1. The van der Waals surface area contributed by atoms with Crippen LogP contribution in [0.3, 0.4) is 0 Å². The van der Waals surface area contributed by atoms with Crippen molar-refractivity contribution in [1.29, 1.82) is 0 Å². The number of benzene rings is 1. The molecule has 2 aliphatic rings. The van der Waals surface area contributed by atoms with Crippen LogP contribution in [-0.2, 0) is 16.1 Å². The molecule has 1 fully saturated rings. The van der Waals surface area contributed by atoms with Gasteiger partial charge in [0.2, 0.25) is 0 Å². The normalized spacial score (nSPS) is 17.3. The molecule has 7 nitrogen and oxygen atoms in total. The zero-order chi connectivity index (χ0) is 18.7. The number of hydrogen-bond acceptors (Lipinski definition) is 6. The van der Waals surface area contributed by atoms with Crippen molar-refractivity contribution in [1.82, 2.24) is 9.80 Å². The molecule has 2 heterocycles. The molecule has 2 aliphatic heterocycles. The van der Waals surface area contributed by atoms with Crippen molar-refractivity contribution in [2.75, 3.05) is 45.7 Å². The Kier molecular flexibility index (Phi) is 5.61. The van der Waals surface area contributed by atoms with Gasteiger partial charge in [-0.25, -0.2) is 9.59 Å². The Morgan fingerprint density at radius 1 is 1.38 bits per heavy atom. The summed E-state index contributed by atoms with van der Waals surface area (Å²) in [6.45, 7) is 3.37. The highest BCUT2D eigenvalue weighted by molar-refractivity contribution is 5.98. The Bertz CT molecular complexity index is 735. The van der Waals surface area contributed by atoms with Gasteiger partial charge in [-0.15, -0.1) is 0 Å². The maximum absolute atomic E-state index is 11.7. The summed E-state index contributed by atoms with van der Waals surface area (Å²) in [6.07, 6.45) is 1.67. The minimum Gasteiger partial charge on any atom is -0.478 e. The number of carboxylic acids is 1. The topological polar surface area (TPSA) is 82.1 Å². The van der Waals surface area contributed by atoms with E-state index < -0.39 is 5.97 Å². The molecule has 0 atom stereocenters. The number of fused-ring (bicyclic) bond motifs is 1. The maximum Gasteiger partial charge on any atom is 0.337 e. The predicted molar refractivity (Wildman–Crippen MR) is 98.9 cm³/mol. The van der Waals surface area contributed by atoms with Gasteiger partial charge in [0.05, 0.1) is 5.56 Å². The van der Waals surface area contributed by atoms with E-state index in [0.717, 1.165) is 30.5 Å². The number of ether oxygens (including phenoxy) is 1. The quantitative estimate of drug-likeness (QED) is 0.745. The van der Waals surface area contributed by atoms with Gasteiger partial charge < -0.3 is 25.0 Å². The SMILES string of the molecule is CN(C)CCN1Cc2cc(C(=O)O)c(NC3CCOCC3)cc2C1=C=O. The van der Waals surface area contributed by atoms with Crippen LogP contribution in [0.5, 0.6) is 0 Å². The molecule has 2 N–H and O–H groups in total. The maximum atomic E-state index is 11.7. The minimum atomic E-state index is -0.967. The van der Waals surface area contributed by atoms with E-state index in [1.165, 1.54) is 0 Å². The van der Waals surface area contributed by atoms with E-state index in [2.05, 4.69) is 11.3 Å². The molecule has 3 rings (SSSR count). The van der Waals surface area contributed by atoms with E-state index in [1.807, 2.05) is 23.9 Å². The third-order valence-corrected chi connectivity index (χ3v) is 4.90. The molecule has 1 saturated heterocycles. The van der Waals surface area contributed by atoms with E-state index >= 15 is 0 Å². The first-order chi connectivity index (χ1) is 12.5. The summed E-state index contributed by atoms with van der Waals surface area (Å²) >= 11 is 0. The first kappa shape index (κ1) is 18.5. The molecule has 0 radical (unpaired) electrons. The highest BCUT2D eigenvalue weighted by atomic mass is 16.5. The Morgan fingerprint density at radius 3 is 2.73 bits per heavy atom. The van der Waals surface area contributed by atoms with Crippen LogP contribution in [0, 0.1) is 0 Å². The lowest BCUT2D eigenvalue weighted by Crippen LogP contribution is -2.28. The number of hydrogen-bond donors (Lipinski definition) is 2. The van der Waals surface area contributed by atoms with Crippen LogP contribution in [0.1, 0.15) is 34.3 Å². The van der Waals surface area contributed by atoms with Crippen molar-refractivity contribution in [2.24, 2.45) is 0 Å². The molecule has 0 spiro atoms. The van der Waals surface area contributed by atoms with Crippen LogP contribution >= 0.6 is 0 Å². The zero-order valence-electron chi connectivity index (χ0n) is 15.2. The molecule has 26 heavy (non-hydrogen) atoms. The highest BCUT2D eigenvalue weighted by Gasteiger charge is 2.28. The number of carboxylic acid groups (broad SMARTS) is 1. The number of aromatic carboxylic acids is 1. The van der Waals surface area contributed by atoms with Gasteiger partial charge in [-0.1, -0.05) is 0 Å². The summed E-state index contributed by atoms with van der Waals surface area (Å²) < 4.78 is 5.36. The lowest BCUT2D eigenvalue weighted by Gasteiger charge is -2.25. The Hall–Kier alpha value is -2.34. The van der Waals surface area contributed by atoms with Crippen LogP contribution in [0.25, 0.3) is 5.70 Å². The van der Waals surface area contributed by atoms with Crippen molar-refractivity contribution < 1.29 is 19.4 Å². The van der Waals surface area contributed by atoms with Gasteiger partial charge in [0.1, 0.15) is 5.70 Å². The second-order valence-electron chi connectivity index (χ2n) is 7.07. The smallest absolute Gasteiger partial charge is 0.337 e. The van der Waals surface area contributed by atoms with E-state index in [0.29, 0.717) is 37.7 Å². The summed E-state index contributed by atoms with van der Waals surface area (Å²) in [4.78, 5) is 27.3. The fraction of sp³-hybridized carbons (Fsp3) is 0.526. The molecule has 0 bridgehead atoms. The van der Waals surface area contributed by atoms with Crippen LogP contribution in [0.4, 0.5) is 5.69 Å². The van der Waals surface area contributed by atoms with Gasteiger partial charge in [-0.05, 0) is 44.6 Å². The average molecular weight is 359 g/mol. The van der Waals surface area contributed by atoms with Gasteiger partial charge in [0, 0.05) is 50.1 Å². The number of nitrogens with zero attached hydrogens (tertiary/aromatic N) is 2. The molecular weight excluding hydrogens is 334 g/mol. The van der Waals surface area contributed by atoms with E-state index in [4.69, 9.17) is 4.74 Å². The molecule has 0 saturated carbocycles. The van der Waals surface area contributed by atoms with Crippen LogP contribution in [0.2, 0.25) is 0 Å². The van der Waals surface area contributed by atoms with Crippen LogP contribution in [0.15, 0.2) is 12.1 Å². The summed E-state index contributed by atoms with van der Waals surface area (Å²) in [5.74, 6) is 1.09. The second-order valence-corrected chi connectivity index (χ2v) is 7.07. The molecule has 1 aromatic rings. The zero-order valence-corrected chi connectivity index (χ0v) is 15.2. The lowest BCUT2D eigenvalue weighted by atomic mass is 10.0. The number of likely N-dealkylation sites (N-methyl/N-ethyl adjacent to an activating group) is 1. The van der Waals surface area contributed by atoms with Gasteiger partial charge in [0.15, 0.2) is 5.94 Å². The van der Waals surface area contributed by atoms with Gasteiger partial charge in [-0.2, -0.15) is 0 Å². The number of carbonyl (C=O) groups is 1. The van der Waals surface area contributed by atoms with Gasteiger partial charge in [-0.3, -0.25) is 0 Å². The molecule has 7 heteroatoms. The largest absolute Gasteiger partial charge is 0.478 e. The van der Waals surface area contributed by atoms with Crippen molar-refractivity contribution in [3.63, 3.8) is 0 Å².